The Balaban J connectivity index is 2.15. The Labute approximate surface area is 141 Å². The zero-order valence-corrected chi connectivity index (χ0v) is 17.3. The molecule has 2 aliphatic rings. The molecule has 0 aromatic carbocycles. The molecule has 0 radical (unpaired) electrons. The summed E-state index contributed by atoms with van der Waals surface area (Å²) in [6, 6.07) is 0. The van der Waals surface area contributed by atoms with Crippen molar-refractivity contribution in [2.24, 2.45) is 21.7 Å². The summed E-state index contributed by atoms with van der Waals surface area (Å²) in [5, 5.41) is 0. The van der Waals surface area contributed by atoms with Gasteiger partial charge in [-0.3, -0.25) is 9.59 Å². The predicted octanol–water partition coefficient (Wildman–Crippen LogP) is 3.73. The van der Waals surface area contributed by atoms with Gasteiger partial charge in [0.1, 0.15) is 11.6 Å². The Hall–Kier alpha value is -0.523. The van der Waals surface area contributed by atoms with Crippen LogP contribution in [-0.2, 0) is 18.4 Å². The first-order valence-corrected chi connectivity index (χ1v) is 11.3. The lowest BCUT2D eigenvalue weighted by Gasteiger charge is -2.59. The lowest BCUT2D eigenvalue weighted by atomic mass is 9.52. The summed E-state index contributed by atoms with van der Waals surface area (Å²) >= 11 is 0. The van der Waals surface area contributed by atoms with Gasteiger partial charge in [0.2, 0.25) is 0 Å². The van der Waals surface area contributed by atoms with Crippen molar-refractivity contribution in [3.8, 4) is 0 Å². The smallest absolute Gasteiger partial charge is 0.332 e. The Morgan fingerprint density at radius 1 is 0.652 bits per heavy atom. The van der Waals surface area contributed by atoms with E-state index >= 15 is 0 Å². The van der Waals surface area contributed by atoms with Gasteiger partial charge in [0.05, 0.1) is 12.2 Å². The molecule has 0 aromatic rings. The lowest BCUT2D eigenvalue weighted by Crippen LogP contribution is -2.71. The van der Waals surface area contributed by atoms with Crippen molar-refractivity contribution >= 4 is 20.1 Å². The van der Waals surface area contributed by atoms with Gasteiger partial charge in [-0.1, -0.05) is 55.4 Å². The highest BCUT2D eigenvalue weighted by Crippen LogP contribution is 2.55. The SMILES string of the molecule is CC1(C)C(=O)C(C)(C)C1O[Si](C)(C)OC1C(C)(C)C(=O)C1(C)C. The molecule has 0 amide bonds. The second-order valence-electron chi connectivity index (χ2n) is 9.94. The summed E-state index contributed by atoms with van der Waals surface area (Å²) in [6.45, 7) is 19.5. The van der Waals surface area contributed by atoms with E-state index < -0.39 is 30.2 Å². The summed E-state index contributed by atoms with van der Waals surface area (Å²) in [5.74, 6) is 0.471. The highest BCUT2D eigenvalue weighted by atomic mass is 28.4. The Bertz CT molecular complexity index is 473. The second kappa shape index (κ2) is 4.76. The van der Waals surface area contributed by atoms with Crippen LogP contribution in [0.4, 0.5) is 0 Å². The van der Waals surface area contributed by atoms with Gasteiger partial charge in [-0.15, -0.1) is 0 Å². The van der Waals surface area contributed by atoms with Crippen molar-refractivity contribution < 1.29 is 18.4 Å². The first kappa shape index (κ1) is 18.8. The fraction of sp³-hybridized carbons (Fsp3) is 0.889. The maximum absolute atomic E-state index is 12.3. The van der Waals surface area contributed by atoms with Crippen molar-refractivity contribution in [3.05, 3.63) is 0 Å². The first-order valence-electron chi connectivity index (χ1n) is 8.44. The molecule has 0 spiro atoms. The van der Waals surface area contributed by atoms with Gasteiger partial charge >= 0.3 is 8.56 Å². The molecular formula is C18H32O4Si. The summed E-state index contributed by atoms with van der Waals surface area (Å²) in [6.07, 6.45) is -0.294. The van der Waals surface area contributed by atoms with E-state index in [1.54, 1.807) is 0 Å². The number of hydrogen-bond donors (Lipinski definition) is 0. The number of rotatable bonds is 4. The molecule has 4 nitrogen and oxygen atoms in total. The second-order valence-corrected chi connectivity index (χ2v) is 13.2. The van der Waals surface area contributed by atoms with Crippen molar-refractivity contribution in [1.82, 2.24) is 0 Å². The number of hydrogen-bond acceptors (Lipinski definition) is 4. The monoisotopic (exact) mass is 340 g/mol. The maximum Gasteiger partial charge on any atom is 0.332 e. The van der Waals surface area contributed by atoms with Gasteiger partial charge in [0.25, 0.3) is 0 Å². The largest absolute Gasteiger partial charge is 0.389 e. The molecule has 5 heteroatoms. The maximum atomic E-state index is 12.3. The van der Waals surface area contributed by atoms with Crippen LogP contribution in [0.1, 0.15) is 55.4 Å². The summed E-state index contributed by atoms with van der Waals surface area (Å²) in [5.41, 5.74) is -1.90. The topological polar surface area (TPSA) is 52.6 Å². The lowest BCUT2D eigenvalue weighted by molar-refractivity contribution is -0.190. The minimum absolute atomic E-state index is 0.147. The molecule has 2 rings (SSSR count). The van der Waals surface area contributed by atoms with E-state index in [4.69, 9.17) is 8.85 Å². The molecule has 23 heavy (non-hydrogen) atoms. The fourth-order valence-corrected chi connectivity index (χ4v) is 7.34. The molecule has 0 aromatic heterocycles. The average molecular weight is 341 g/mol. The third-order valence-corrected chi connectivity index (χ3v) is 7.37. The zero-order chi connectivity index (χ0) is 18.2. The Kier molecular flexibility index (Phi) is 3.90. The van der Waals surface area contributed by atoms with Gasteiger partial charge in [-0.2, -0.15) is 0 Å². The molecule has 2 aliphatic carbocycles. The highest BCUT2D eigenvalue weighted by molar-refractivity contribution is 6.64. The molecule has 132 valence electrons. The standard InChI is InChI=1S/C18H32O4Si/c1-15(2)11(19)16(3,4)13(15)21-23(9,10)22-14-17(5,6)12(20)18(14,7)8/h13-14H,1-10H3. The molecular weight excluding hydrogens is 308 g/mol. The molecule has 0 unspecified atom stereocenters. The van der Waals surface area contributed by atoms with Crippen LogP contribution in [-0.4, -0.2) is 32.3 Å². The third kappa shape index (κ3) is 2.47. The van der Waals surface area contributed by atoms with E-state index in [0.29, 0.717) is 0 Å². The van der Waals surface area contributed by atoms with Crippen LogP contribution in [0.15, 0.2) is 0 Å². The molecule has 0 bridgehead atoms. The fourth-order valence-electron chi connectivity index (χ4n) is 4.97. The quantitative estimate of drug-likeness (QED) is 0.732. The Morgan fingerprint density at radius 3 is 1.09 bits per heavy atom. The van der Waals surface area contributed by atoms with Crippen molar-refractivity contribution in [2.75, 3.05) is 0 Å². The van der Waals surface area contributed by atoms with Gasteiger partial charge in [-0.05, 0) is 13.1 Å². The molecule has 0 saturated heterocycles. The van der Waals surface area contributed by atoms with Crippen LogP contribution >= 0.6 is 0 Å². The van der Waals surface area contributed by atoms with Crippen LogP contribution in [0.2, 0.25) is 13.1 Å². The molecule has 0 atom stereocenters. The van der Waals surface area contributed by atoms with E-state index in [1.807, 2.05) is 68.5 Å². The van der Waals surface area contributed by atoms with Crippen molar-refractivity contribution in [3.63, 3.8) is 0 Å². The first-order chi connectivity index (χ1) is 9.99. The summed E-state index contributed by atoms with van der Waals surface area (Å²) in [7, 11) is -2.49. The van der Waals surface area contributed by atoms with E-state index in [9.17, 15) is 9.59 Å². The highest BCUT2D eigenvalue weighted by Gasteiger charge is 2.66. The molecule has 2 fully saturated rings. The van der Waals surface area contributed by atoms with Crippen LogP contribution < -0.4 is 0 Å². The van der Waals surface area contributed by atoms with Gasteiger partial charge in [0.15, 0.2) is 0 Å². The normalized spacial score (nSPS) is 29.1. The van der Waals surface area contributed by atoms with Gasteiger partial charge < -0.3 is 8.85 Å². The predicted molar refractivity (Wildman–Crippen MR) is 92.4 cm³/mol. The minimum Gasteiger partial charge on any atom is -0.389 e. The number of carbonyl (C=O) groups excluding carboxylic acids is 2. The molecule has 0 heterocycles. The third-order valence-electron chi connectivity index (χ3n) is 5.77. The van der Waals surface area contributed by atoms with Crippen LogP contribution in [0, 0.1) is 21.7 Å². The van der Waals surface area contributed by atoms with E-state index in [1.165, 1.54) is 0 Å². The average Bonchev–Trinajstić information content (AvgIpc) is 2.40. The minimum atomic E-state index is -2.49. The van der Waals surface area contributed by atoms with Crippen molar-refractivity contribution in [1.29, 1.82) is 0 Å². The summed E-state index contributed by atoms with van der Waals surface area (Å²) in [4.78, 5) is 24.6. The van der Waals surface area contributed by atoms with Crippen LogP contribution in [0.5, 0.6) is 0 Å². The van der Waals surface area contributed by atoms with E-state index in [0.717, 1.165) is 0 Å². The zero-order valence-electron chi connectivity index (χ0n) is 16.3. The van der Waals surface area contributed by atoms with Gasteiger partial charge in [0, 0.05) is 21.7 Å². The molecule has 2 saturated carbocycles. The van der Waals surface area contributed by atoms with Crippen LogP contribution in [0.3, 0.4) is 0 Å². The number of Topliss-reactive ketones (excluding diaryl/α,β-unsaturated/α-hetero) is 2. The summed E-state index contributed by atoms with van der Waals surface area (Å²) < 4.78 is 12.8. The Morgan fingerprint density at radius 2 is 0.870 bits per heavy atom. The van der Waals surface area contributed by atoms with Crippen molar-refractivity contribution in [2.45, 2.75) is 80.7 Å². The molecule has 0 N–H and O–H groups in total. The number of ketones is 2. The van der Waals surface area contributed by atoms with E-state index in [-0.39, 0.29) is 23.8 Å². The van der Waals surface area contributed by atoms with Gasteiger partial charge in [-0.25, -0.2) is 0 Å². The van der Waals surface area contributed by atoms with Crippen LogP contribution in [0.25, 0.3) is 0 Å². The number of carbonyl (C=O) groups is 2. The molecule has 0 aliphatic heterocycles. The van der Waals surface area contributed by atoms with E-state index in [2.05, 4.69) is 0 Å².